The van der Waals surface area contributed by atoms with E-state index < -0.39 is 0 Å². The number of halogens is 1. The molecular formula is C15H19ClN2. The van der Waals surface area contributed by atoms with E-state index >= 15 is 0 Å². The quantitative estimate of drug-likeness (QED) is 0.828. The summed E-state index contributed by atoms with van der Waals surface area (Å²) in [5.74, 6) is 1.59. The molecule has 0 bridgehead atoms. The summed E-state index contributed by atoms with van der Waals surface area (Å²) in [6.45, 7) is 6.37. The molecule has 18 heavy (non-hydrogen) atoms. The van der Waals surface area contributed by atoms with Gasteiger partial charge in [-0.05, 0) is 44.9 Å². The highest BCUT2D eigenvalue weighted by atomic mass is 35.5. The normalized spacial score (nSPS) is 11.8. The van der Waals surface area contributed by atoms with Gasteiger partial charge in [-0.15, -0.1) is 11.6 Å². The van der Waals surface area contributed by atoms with Gasteiger partial charge in [-0.3, -0.25) is 0 Å². The standard InChI is InChI=1S/C15H19ClN2/c1-11-10-12-6-4-5-7-13(12)17-14(11)18-15(2,3)8-9-16/h4-7,10H,8-9H2,1-3H3,(H,17,18). The van der Waals surface area contributed by atoms with Crippen molar-refractivity contribution in [3.8, 4) is 0 Å². The van der Waals surface area contributed by atoms with Crippen LogP contribution >= 0.6 is 11.6 Å². The van der Waals surface area contributed by atoms with E-state index in [1.165, 1.54) is 5.39 Å². The summed E-state index contributed by atoms with van der Waals surface area (Å²) in [5.41, 5.74) is 2.14. The molecular weight excluding hydrogens is 244 g/mol. The average Bonchev–Trinajstić information content (AvgIpc) is 2.29. The first-order valence-electron chi connectivity index (χ1n) is 6.22. The largest absolute Gasteiger partial charge is 0.365 e. The molecule has 0 unspecified atom stereocenters. The molecule has 0 saturated carbocycles. The van der Waals surface area contributed by atoms with Crippen LogP contribution in [0, 0.1) is 6.92 Å². The van der Waals surface area contributed by atoms with Crippen molar-refractivity contribution in [1.82, 2.24) is 4.98 Å². The smallest absolute Gasteiger partial charge is 0.130 e. The van der Waals surface area contributed by atoms with Crippen LogP contribution in [0.1, 0.15) is 25.8 Å². The maximum absolute atomic E-state index is 5.83. The predicted octanol–water partition coefficient (Wildman–Crippen LogP) is 4.36. The van der Waals surface area contributed by atoms with Gasteiger partial charge in [0.15, 0.2) is 0 Å². The Morgan fingerprint density at radius 2 is 2.00 bits per heavy atom. The van der Waals surface area contributed by atoms with E-state index in [4.69, 9.17) is 11.6 Å². The van der Waals surface area contributed by atoms with Gasteiger partial charge in [0.2, 0.25) is 0 Å². The highest BCUT2D eigenvalue weighted by Gasteiger charge is 2.18. The molecule has 2 nitrogen and oxygen atoms in total. The molecule has 0 aliphatic carbocycles. The van der Waals surface area contributed by atoms with Crippen molar-refractivity contribution in [2.45, 2.75) is 32.7 Å². The molecule has 1 N–H and O–H groups in total. The second-order valence-electron chi connectivity index (χ2n) is 5.29. The van der Waals surface area contributed by atoms with Crippen LogP contribution in [0.15, 0.2) is 30.3 Å². The fourth-order valence-electron chi connectivity index (χ4n) is 1.97. The first-order valence-corrected chi connectivity index (χ1v) is 6.76. The van der Waals surface area contributed by atoms with E-state index in [-0.39, 0.29) is 5.54 Å². The Morgan fingerprint density at radius 1 is 1.28 bits per heavy atom. The zero-order valence-corrected chi connectivity index (χ0v) is 11.9. The van der Waals surface area contributed by atoms with Crippen molar-refractivity contribution < 1.29 is 0 Å². The Labute approximate surface area is 113 Å². The number of nitrogens with one attached hydrogen (secondary N) is 1. The number of pyridine rings is 1. The van der Waals surface area contributed by atoms with E-state index in [0.717, 1.165) is 23.3 Å². The average molecular weight is 263 g/mol. The second kappa shape index (κ2) is 5.15. The van der Waals surface area contributed by atoms with Gasteiger partial charge >= 0.3 is 0 Å². The van der Waals surface area contributed by atoms with E-state index in [9.17, 15) is 0 Å². The molecule has 2 aromatic rings. The number of hydrogen-bond acceptors (Lipinski definition) is 2. The SMILES string of the molecule is Cc1cc2ccccc2nc1NC(C)(C)CCCl. The fourth-order valence-corrected chi connectivity index (χ4v) is 2.44. The molecule has 3 heteroatoms. The Kier molecular flexibility index (Phi) is 3.76. The van der Waals surface area contributed by atoms with Crippen LogP contribution in [-0.4, -0.2) is 16.4 Å². The number of nitrogens with zero attached hydrogens (tertiary/aromatic N) is 1. The first-order chi connectivity index (χ1) is 8.52. The van der Waals surface area contributed by atoms with Crippen LogP contribution in [0.4, 0.5) is 5.82 Å². The number of benzene rings is 1. The van der Waals surface area contributed by atoms with Gasteiger partial charge < -0.3 is 5.32 Å². The van der Waals surface area contributed by atoms with Crippen molar-refractivity contribution in [3.63, 3.8) is 0 Å². The van der Waals surface area contributed by atoms with Crippen molar-refractivity contribution in [3.05, 3.63) is 35.9 Å². The molecule has 1 heterocycles. The summed E-state index contributed by atoms with van der Waals surface area (Å²) in [6, 6.07) is 10.3. The van der Waals surface area contributed by atoms with Crippen molar-refractivity contribution in [2.24, 2.45) is 0 Å². The van der Waals surface area contributed by atoms with Gasteiger partial charge in [-0.25, -0.2) is 4.98 Å². The number of alkyl halides is 1. The van der Waals surface area contributed by atoms with Crippen LogP contribution in [0.3, 0.4) is 0 Å². The zero-order chi connectivity index (χ0) is 13.2. The number of fused-ring (bicyclic) bond motifs is 1. The van der Waals surface area contributed by atoms with Crippen LogP contribution in [-0.2, 0) is 0 Å². The van der Waals surface area contributed by atoms with Crippen LogP contribution in [0.5, 0.6) is 0 Å². The minimum atomic E-state index is -0.0397. The van der Waals surface area contributed by atoms with Gasteiger partial charge in [-0.2, -0.15) is 0 Å². The maximum atomic E-state index is 5.83. The first kappa shape index (κ1) is 13.2. The van der Waals surface area contributed by atoms with Gasteiger partial charge in [0, 0.05) is 16.8 Å². The number of hydrogen-bond donors (Lipinski definition) is 1. The summed E-state index contributed by atoms with van der Waals surface area (Å²) in [5, 5.41) is 4.66. The number of para-hydroxylation sites is 1. The van der Waals surface area contributed by atoms with Gasteiger partial charge in [0.25, 0.3) is 0 Å². The van der Waals surface area contributed by atoms with Crippen molar-refractivity contribution >= 4 is 28.3 Å². The molecule has 2 rings (SSSR count). The Hall–Kier alpha value is -1.28. The number of anilines is 1. The van der Waals surface area contributed by atoms with E-state index in [2.05, 4.69) is 43.2 Å². The topological polar surface area (TPSA) is 24.9 Å². The third-order valence-corrected chi connectivity index (χ3v) is 3.28. The Bertz CT molecular complexity index is 549. The summed E-state index contributed by atoms with van der Waals surface area (Å²) >= 11 is 5.83. The monoisotopic (exact) mass is 262 g/mol. The molecule has 0 fully saturated rings. The third-order valence-electron chi connectivity index (χ3n) is 3.09. The molecule has 0 saturated heterocycles. The van der Waals surface area contributed by atoms with Gasteiger partial charge in [0.1, 0.15) is 5.82 Å². The minimum absolute atomic E-state index is 0.0397. The molecule has 0 radical (unpaired) electrons. The Balaban J connectivity index is 2.36. The molecule has 0 aliphatic rings. The lowest BCUT2D eigenvalue weighted by Gasteiger charge is -2.27. The van der Waals surface area contributed by atoms with E-state index in [0.29, 0.717) is 5.88 Å². The lowest BCUT2D eigenvalue weighted by molar-refractivity contribution is 0.548. The van der Waals surface area contributed by atoms with Crippen LogP contribution < -0.4 is 5.32 Å². The highest BCUT2D eigenvalue weighted by Crippen LogP contribution is 2.23. The molecule has 1 aromatic carbocycles. The third kappa shape index (κ3) is 2.94. The number of rotatable bonds is 4. The molecule has 0 aliphatic heterocycles. The van der Waals surface area contributed by atoms with Crippen LogP contribution in [0.2, 0.25) is 0 Å². The molecule has 0 amide bonds. The summed E-state index contributed by atoms with van der Waals surface area (Å²) in [7, 11) is 0. The summed E-state index contributed by atoms with van der Waals surface area (Å²) < 4.78 is 0. The minimum Gasteiger partial charge on any atom is -0.365 e. The van der Waals surface area contributed by atoms with Gasteiger partial charge in [-0.1, -0.05) is 18.2 Å². The van der Waals surface area contributed by atoms with Crippen LogP contribution in [0.25, 0.3) is 10.9 Å². The predicted molar refractivity (Wildman–Crippen MR) is 79.5 cm³/mol. The summed E-state index contributed by atoms with van der Waals surface area (Å²) in [4.78, 5) is 4.69. The molecule has 0 atom stereocenters. The van der Waals surface area contributed by atoms with Crippen molar-refractivity contribution in [1.29, 1.82) is 0 Å². The van der Waals surface area contributed by atoms with E-state index in [1.807, 2.05) is 18.2 Å². The second-order valence-corrected chi connectivity index (χ2v) is 5.67. The number of aromatic nitrogens is 1. The summed E-state index contributed by atoms with van der Waals surface area (Å²) in [6.07, 6.45) is 0.905. The zero-order valence-electron chi connectivity index (χ0n) is 11.1. The lowest BCUT2D eigenvalue weighted by Crippen LogP contribution is -2.32. The fraction of sp³-hybridized carbons (Fsp3) is 0.400. The van der Waals surface area contributed by atoms with Crippen molar-refractivity contribution in [2.75, 3.05) is 11.2 Å². The van der Waals surface area contributed by atoms with E-state index in [1.54, 1.807) is 0 Å². The molecule has 1 aromatic heterocycles. The molecule has 96 valence electrons. The molecule has 0 spiro atoms. The highest BCUT2D eigenvalue weighted by molar-refractivity contribution is 6.17. The maximum Gasteiger partial charge on any atom is 0.130 e. The Morgan fingerprint density at radius 3 is 2.72 bits per heavy atom. The lowest BCUT2D eigenvalue weighted by atomic mass is 10.0. The number of aryl methyl sites for hydroxylation is 1. The van der Waals surface area contributed by atoms with Gasteiger partial charge in [0.05, 0.1) is 5.52 Å².